The fourth-order valence-electron chi connectivity index (χ4n) is 6.25. The van der Waals surface area contributed by atoms with Crippen molar-refractivity contribution in [1.82, 2.24) is 9.80 Å². The molecule has 2 unspecified atom stereocenters. The summed E-state index contributed by atoms with van der Waals surface area (Å²) in [4.78, 5) is 17.3. The maximum absolute atomic E-state index is 13.0. The number of carbonyl (C=O) groups is 1. The van der Waals surface area contributed by atoms with Gasteiger partial charge in [0.2, 0.25) is 0 Å². The number of nitrogens with zero attached hydrogens (tertiary/aromatic N) is 2. The van der Waals surface area contributed by atoms with Gasteiger partial charge in [-0.1, -0.05) is 93.6 Å². The minimum Gasteiger partial charge on any atom is -0.472 e. The van der Waals surface area contributed by atoms with Gasteiger partial charge in [0.15, 0.2) is 0 Å². The van der Waals surface area contributed by atoms with Gasteiger partial charge >= 0.3 is 6.09 Å². The van der Waals surface area contributed by atoms with Gasteiger partial charge in [-0.25, -0.2) is 4.79 Å². The van der Waals surface area contributed by atoms with Crippen LogP contribution in [-0.4, -0.2) is 40.6 Å². The molecule has 1 aromatic heterocycles. The van der Waals surface area contributed by atoms with E-state index < -0.39 is 6.09 Å². The summed E-state index contributed by atoms with van der Waals surface area (Å²) < 4.78 is 5.31. The molecular formula is C34H40N2O3. The Hall–Kier alpha value is -3.57. The molecule has 1 saturated heterocycles. The van der Waals surface area contributed by atoms with Gasteiger partial charge in [0.25, 0.3) is 0 Å². The fourth-order valence-corrected chi connectivity index (χ4v) is 6.25. The maximum Gasteiger partial charge on any atom is 0.407 e. The van der Waals surface area contributed by atoms with Crippen molar-refractivity contribution in [2.45, 2.75) is 52.1 Å². The van der Waals surface area contributed by atoms with Crippen molar-refractivity contribution in [3.8, 4) is 0 Å². The van der Waals surface area contributed by atoms with E-state index in [1.54, 1.807) is 11.2 Å². The molecule has 1 N–H and O–H groups in total. The van der Waals surface area contributed by atoms with Crippen LogP contribution < -0.4 is 0 Å². The van der Waals surface area contributed by atoms with Crippen molar-refractivity contribution in [3.63, 3.8) is 0 Å². The summed E-state index contributed by atoms with van der Waals surface area (Å²) in [7, 11) is 0. The van der Waals surface area contributed by atoms with Gasteiger partial charge in [-0.05, 0) is 58.7 Å². The fraction of sp³-hybridized carbons (Fsp3) is 0.382. The number of carboxylic acid groups (broad SMARTS) is 1. The molecule has 0 saturated carbocycles. The van der Waals surface area contributed by atoms with Crippen LogP contribution in [0.4, 0.5) is 4.79 Å². The first-order chi connectivity index (χ1) is 18.8. The van der Waals surface area contributed by atoms with Crippen LogP contribution in [0.25, 0.3) is 10.8 Å². The minimum atomic E-state index is -0.843. The van der Waals surface area contributed by atoms with Gasteiger partial charge in [0.05, 0.1) is 18.6 Å². The summed E-state index contributed by atoms with van der Waals surface area (Å²) in [5, 5.41) is 13.0. The zero-order chi connectivity index (χ0) is 27.4. The molecule has 1 aliphatic heterocycles. The average Bonchev–Trinajstić information content (AvgIpc) is 3.44. The van der Waals surface area contributed by atoms with Crippen LogP contribution in [0.15, 0.2) is 95.8 Å². The highest BCUT2D eigenvalue weighted by Gasteiger charge is 2.37. The van der Waals surface area contributed by atoms with Gasteiger partial charge < -0.3 is 14.4 Å². The van der Waals surface area contributed by atoms with Crippen LogP contribution in [0.2, 0.25) is 0 Å². The molecule has 1 aliphatic rings. The van der Waals surface area contributed by atoms with E-state index in [1.165, 1.54) is 11.1 Å². The number of rotatable bonds is 8. The summed E-state index contributed by atoms with van der Waals surface area (Å²) in [6.45, 7) is 9.79. The molecule has 4 aromatic rings. The molecule has 3 atom stereocenters. The second-order valence-electron chi connectivity index (χ2n) is 12.2. The third-order valence-electron chi connectivity index (χ3n) is 8.10. The Morgan fingerprint density at radius 2 is 1.77 bits per heavy atom. The average molecular weight is 525 g/mol. The number of piperidine rings is 1. The number of furan rings is 1. The molecular weight excluding hydrogens is 484 g/mol. The molecule has 5 nitrogen and oxygen atoms in total. The largest absolute Gasteiger partial charge is 0.472 e. The van der Waals surface area contributed by atoms with E-state index in [4.69, 9.17) is 4.42 Å². The van der Waals surface area contributed by atoms with E-state index in [9.17, 15) is 9.90 Å². The van der Waals surface area contributed by atoms with Crippen LogP contribution in [0, 0.1) is 11.3 Å². The zero-order valence-electron chi connectivity index (χ0n) is 23.3. The van der Waals surface area contributed by atoms with Gasteiger partial charge in [-0.3, -0.25) is 4.90 Å². The van der Waals surface area contributed by atoms with E-state index in [1.807, 2.05) is 30.5 Å². The molecule has 0 aliphatic carbocycles. The Kier molecular flexibility index (Phi) is 8.08. The molecule has 3 aromatic carbocycles. The summed E-state index contributed by atoms with van der Waals surface area (Å²) in [6, 6.07) is 27.0. The van der Waals surface area contributed by atoms with Crippen LogP contribution >= 0.6 is 0 Å². The Labute approximate surface area is 232 Å². The van der Waals surface area contributed by atoms with E-state index in [-0.39, 0.29) is 23.3 Å². The lowest BCUT2D eigenvalue weighted by Gasteiger charge is -2.43. The molecule has 1 fully saturated rings. The van der Waals surface area contributed by atoms with Crippen molar-refractivity contribution < 1.29 is 14.3 Å². The lowest BCUT2D eigenvalue weighted by molar-refractivity contribution is 0.0741. The number of fused-ring (bicyclic) bond motifs is 1. The smallest absolute Gasteiger partial charge is 0.407 e. The van der Waals surface area contributed by atoms with Crippen molar-refractivity contribution in [1.29, 1.82) is 0 Å². The molecule has 2 heterocycles. The van der Waals surface area contributed by atoms with Crippen LogP contribution in [0.1, 0.15) is 62.3 Å². The van der Waals surface area contributed by atoms with Crippen molar-refractivity contribution in [2.75, 3.05) is 19.6 Å². The SMILES string of the molecule is CC(C)(C)C[C@H](c1cccc2ccccc12)N(CC1CCN(Cc2ccoc2)CC1c1ccccc1)C(=O)O. The van der Waals surface area contributed by atoms with Crippen molar-refractivity contribution in [3.05, 3.63) is 108 Å². The second-order valence-corrected chi connectivity index (χ2v) is 12.2. The topological polar surface area (TPSA) is 56.9 Å². The summed E-state index contributed by atoms with van der Waals surface area (Å²) >= 11 is 0. The molecule has 204 valence electrons. The predicted octanol–water partition coefficient (Wildman–Crippen LogP) is 8.20. The van der Waals surface area contributed by atoms with E-state index in [0.29, 0.717) is 6.54 Å². The van der Waals surface area contributed by atoms with Gasteiger partial charge in [-0.2, -0.15) is 0 Å². The normalized spacial score (nSPS) is 19.2. The van der Waals surface area contributed by atoms with E-state index >= 15 is 0 Å². The quantitative estimate of drug-likeness (QED) is 0.252. The summed E-state index contributed by atoms with van der Waals surface area (Å²) in [6.07, 6.45) is 4.40. The third kappa shape index (κ3) is 6.54. The number of likely N-dealkylation sites (tertiary alicyclic amines) is 1. The van der Waals surface area contributed by atoms with E-state index in [0.717, 1.165) is 48.8 Å². The Morgan fingerprint density at radius 1 is 1.03 bits per heavy atom. The number of amides is 1. The second kappa shape index (κ2) is 11.7. The van der Waals surface area contributed by atoms with Crippen LogP contribution in [0.5, 0.6) is 0 Å². The zero-order valence-corrected chi connectivity index (χ0v) is 23.3. The first-order valence-electron chi connectivity index (χ1n) is 14.0. The lowest BCUT2D eigenvalue weighted by Crippen LogP contribution is -2.46. The highest BCUT2D eigenvalue weighted by molar-refractivity contribution is 5.86. The van der Waals surface area contributed by atoms with Gasteiger partial charge in [-0.15, -0.1) is 0 Å². The molecule has 1 amide bonds. The third-order valence-corrected chi connectivity index (χ3v) is 8.10. The van der Waals surface area contributed by atoms with Crippen LogP contribution in [-0.2, 0) is 6.54 Å². The van der Waals surface area contributed by atoms with Crippen LogP contribution in [0.3, 0.4) is 0 Å². The highest BCUT2D eigenvalue weighted by atomic mass is 16.4. The molecule has 0 bridgehead atoms. The number of benzene rings is 3. The van der Waals surface area contributed by atoms with Gasteiger partial charge in [0, 0.05) is 31.1 Å². The standard InChI is InChI=1S/C34H40N2O3/c1-34(2,3)20-32(30-15-9-13-26-12-7-8-14-29(26)30)36(33(37)38)22-28-16-18-35(21-25-17-19-39-24-25)23-31(28)27-10-5-4-6-11-27/h4-15,17,19,24,28,31-32H,16,18,20-23H2,1-3H3,(H,37,38)/t28?,31?,32-/m1/s1. The summed E-state index contributed by atoms with van der Waals surface area (Å²) in [5.74, 6) is 0.470. The molecule has 0 radical (unpaired) electrons. The number of hydrogen-bond acceptors (Lipinski definition) is 3. The number of hydrogen-bond donors (Lipinski definition) is 1. The Morgan fingerprint density at radius 3 is 2.49 bits per heavy atom. The van der Waals surface area contributed by atoms with Crippen molar-refractivity contribution in [2.24, 2.45) is 11.3 Å². The lowest BCUT2D eigenvalue weighted by atomic mass is 9.79. The minimum absolute atomic E-state index is 0.0396. The summed E-state index contributed by atoms with van der Waals surface area (Å²) in [5.41, 5.74) is 3.51. The Balaban J connectivity index is 1.48. The first kappa shape index (κ1) is 27.0. The molecule has 5 rings (SSSR count). The van der Waals surface area contributed by atoms with Gasteiger partial charge in [0.1, 0.15) is 0 Å². The van der Waals surface area contributed by atoms with Crippen molar-refractivity contribution >= 4 is 16.9 Å². The molecule has 0 spiro atoms. The monoisotopic (exact) mass is 524 g/mol. The molecule has 5 heteroatoms. The van der Waals surface area contributed by atoms with E-state index in [2.05, 4.69) is 80.3 Å². The molecule has 39 heavy (non-hydrogen) atoms. The Bertz CT molecular complexity index is 1350. The highest BCUT2D eigenvalue weighted by Crippen LogP contribution is 2.40. The maximum atomic E-state index is 13.0. The first-order valence-corrected chi connectivity index (χ1v) is 14.0. The predicted molar refractivity (Wildman–Crippen MR) is 157 cm³/mol.